The minimum atomic E-state index is -1.72. The van der Waals surface area contributed by atoms with Crippen molar-refractivity contribution < 1.29 is 38.4 Å². The highest BCUT2D eigenvalue weighted by molar-refractivity contribution is 5.85. The number of carbonyl (C=O) groups is 2. The molecule has 0 aromatic rings. The third kappa shape index (κ3) is 2.82. The van der Waals surface area contributed by atoms with Gasteiger partial charge in [-0.2, -0.15) is 0 Å². The standard InChI is InChI=1S/C15H20O8/c1-3-19-11(16)5-9-12(13(17)20-4-2)8-6-15(18,23-9)14-21-7-10(8)22-14/h5,8,10,12,14,18H,3-4,6-7H2,1-2H3/b9-5-/t8-,10+,12+,14+,15-/m0/s1. The first-order chi connectivity index (χ1) is 11.0. The molecule has 8 heteroatoms. The number of carbonyl (C=O) groups excluding carboxylic acids is 2. The predicted octanol–water partition coefficient (Wildman–Crippen LogP) is 0.0929. The molecule has 0 aliphatic carbocycles. The van der Waals surface area contributed by atoms with Crippen LogP contribution >= 0.6 is 0 Å². The van der Waals surface area contributed by atoms with Gasteiger partial charge in [0.25, 0.3) is 5.79 Å². The summed E-state index contributed by atoms with van der Waals surface area (Å²) >= 11 is 0. The van der Waals surface area contributed by atoms with Crippen molar-refractivity contribution in [1.29, 1.82) is 0 Å². The minimum absolute atomic E-state index is 0.0319. The van der Waals surface area contributed by atoms with E-state index >= 15 is 0 Å². The molecule has 3 fully saturated rings. The Morgan fingerprint density at radius 1 is 1.35 bits per heavy atom. The monoisotopic (exact) mass is 328 g/mol. The summed E-state index contributed by atoms with van der Waals surface area (Å²) < 4.78 is 26.5. The van der Waals surface area contributed by atoms with Crippen LogP contribution in [0.25, 0.3) is 0 Å². The lowest BCUT2D eigenvalue weighted by atomic mass is 9.77. The largest absolute Gasteiger partial charge is 0.465 e. The van der Waals surface area contributed by atoms with Gasteiger partial charge in [-0.25, -0.2) is 4.79 Å². The molecule has 3 aliphatic heterocycles. The first kappa shape index (κ1) is 16.2. The molecule has 0 amide bonds. The van der Waals surface area contributed by atoms with Crippen molar-refractivity contribution in [3.8, 4) is 0 Å². The van der Waals surface area contributed by atoms with Crippen molar-refractivity contribution in [2.45, 2.75) is 38.4 Å². The normalized spacial score (nSPS) is 39.7. The van der Waals surface area contributed by atoms with E-state index in [4.69, 9.17) is 23.7 Å². The van der Waals surface area contributed by atoms with E-state index in [9.17, 15) is 14.7 Å². The Balaban J connectivity index is 1.94. The van der Waals surface area contributed by atoms with Crippen LogP contribution in [-0.4, -0.2) is 55.0 Å². The van der Waals surface area contributed by atoms with Crippen molar-refractivity contribution in [3.63, 3.8) is 0 Å². The second-order valence-electron chi connectivity index (χ2n) is 5.68. The van der Waals surface area contributed by atoms with E-state index in [1.807, 2.05) is 0 Å². The van der Waals surface area contributed by atoms with Gasteiger partial charge in [0, 0.05) is 12.3 Å². The van der Waals surface area contributed by atoms with Gasteiger partial charge >= 0.3 is 11.9 Å². The Hall–Kier alpha value is -1.64. The van der Waals surface area contributed by atoms with E-state index in [-0.39, 0.29) is 38.1 Å². The second kappa shape index (κ2) is 6.10. The highest BCUT2D eigenvalue weighted by atomic mass is 16.8. The first-order valence-corrected chi connectivity index (χ1v) is 7.72. The molecule has 5 atom stereocenters. The summed E-state index contributed by atoms with van der Waals surface area (Å²) in [6, 6.07) is 0. The topological polar surface area (TPSA) is 101 Å². The lowest BCUT2D eigenvalue weighted by molar-refractivity contribution is -0.344. The molecule has 128 valence electrons. The van der Waals surface area contributed by atoms with E-state index in [2.05, 4.69) is 0 Å². The first-order valence-electron chi connectivity index (χ1n) is 7.72. The molecule has 0 radical (unpaired) electrons. The third-order valence-corrected chi connectivity index (χ3v) is 4.20. The zero-order valence-corrected chi connectivity index (χ0v) is 13.0. The molecule has 3 heterocycles. The Morgan fingerprint density at radius 3 is 2.78 bits per heavy atom. The van der Waals surface area contributed by atoms with E-state index in [1.54, 1.807) is 13.8 Å². The van der Waals surface area contributed by atoms with Crippen molar-refractivity contribution >= 4 is 11.9 Å². The zero-order chi connectivity index (χ0) is 16.6. The van der Waals surface area contributed by atoms with Crippen molar-refractivity contribution in [3.05, 3.63) is 11.8 Å². The van der Waals surface area contributed by atoms with Crippen LogP contribution < -0.4 is 0 Å². The van der Waals surface area contributed by atoms with Crippen molar-refractivity contribution in [2.24, 2.45) is 11.8 Å². The minimum Gasteiger partial charge on any atom is -0.465 e. The summed E-state index contributed by atoms with van der Waals surface area (Å²) in [5.41, 5.74) is 0. The van der Waals surface area contributed by atoms with Crippen LogP contribution in [0.1, 0.15) is 20.3 Å². The number of rotatable bonds is 4. The molecule has 4 bridgehead atoms. The van der Waals surface area contributed by atoms with Crippen LogP contribution in [0, 0.1) is 11.8 Å². The third-order valence-electron chi connectivity index (χ3n) is 4.20. The Bertz CT molecular complexity index is 530. The number of fused-ring (bicyclic) bond motifs is 6. The Kier molecular flexibility index (Phi) is 4.31. The molecule has 3 aliphatic rings. The molecule has 0 spiro atoms. The predicted molar refractivity (Wildman–Crippen MR) is 73.6 cm³/mol. The molecule has 0 saturated carbocycles. The molecule has 3 saturated heterocycles. The summed E-state index contributed by atoms with van der Waals surface area (Å²) in [5.74, 6) is -4.10. The van der Waals surface area contributed by atoms with Crippen LogP contribution in [0.4, 0.5) is 0 Å². The van der Waals surface area contributed by atoms with Gasteiger partial charge in [0.2, 0.25) is 6.29 Å². The van der Waals surface area contributed by atoms with Gasteiger partial charge in [-0.1, -0.05) is 0 Å². The lowest BCUT2D eigenvalue weighted by Crippen LogP contribution is -2.58. The van der Waals surface area contributed by atoms with E-state index in [0.29, 0.717) is 0 Å². The van der Waals surface area contributed by atoms with E-state index in [1.165, 1.54) is 0 Å². The van der Waals surface area contributed by atoms with Gasteiger partial charge in [0.15, 0.2) is 0 Å². The number of aliphatic hydroxyl groups is 1. The van der Waals surface area contributed by atoms with Gasteiger partial charge in [-0.3, -0.25) is 4.79 Å². The highest BCUT2D eigenvalue weighted by Crippen LogP contribution is 2.50. The van der Waals surface area contributed by atoms with Gasteiger partial charge in [0.1, 0.15) is 11.7 Å². The molecule has 0 aromatic heterocycles. The fourth-order valence-corrected chi connectivity index (χ4v) is 3.29. The molecule has 3 rings (SSSR count). The lowest BCUT2D eigenvalue weighted by Gasteiger charge is -2.47. The second-order valence-corrected chi connectivity index (χ2v) is 5.68. The fourth-order valence-electron chi connectivity index (χ4n) is 3.29. The summed E-state index contributed by atoms with van der Waals surface area (Å²) in [6.45, 7) is 4.01. The van der Waals surface area contributed by atoms with Gasteiger partial charge in [-0.05, 0) is 13.8 Å². The Morgan fingerprint density at radius 2 is 2.09 bits per heavy atom. The van der Waals surface area contributed by atoms with Crippen LogP contribution in [-0.2, 0) is 33.3 Å². The number of esters is 2. The number of ether oxygens (including phenoxy) is 5. The summed E-state index contributed by atoms with van der Waals surface area (Å²) in [6.07, 6.45) is -0.0273. The molecular formula is C15H20O8. The summed E-state index contributed by atoms with van der Waals surface area (Å²) in [7, 11) is 0. The number of hydrogen-bond acceptors (Lipinski definition) is 8. The smallest absolute Gasteiger partial charge is 0.334 e. The van der Waals surface area contributed by atoms with Gasteiger partial charge < -0.3 is 28.8 Å². The quantitative estimate of drug-likeness (QED) is 0.572. The van der Waals surface area contributed by atoms with Crippen molar-refractivity contribution in [1.82, 2.24) is 0 Å². The fraction of sp³-hybridized carbons (Fsp3) is 0.733. The number of hydrogen-bond donors (Lipinski definition) is 1. The van der Waals surface area contributed by atoms with Crippen LogP contribution in [0.5, 0.6) is 0 Å². The van der Waals surface area contributed by atoms with Crippen LogP contribution in [0.2, 0.25) is 0 Å². The average molecular weight is 328 g/mol. The van der Waals surface area contributed by atoms with Crippen LogP contribution in [0.3, 0.4) is 0 Å². The van der Waals surface area contributed by atoms with Crippen LogP contribution in [0.15, 0.2) is 11.8 Å². The summed E-state index contributed by atoms with van der Waals surface area (Å²) in [5, 5.41) is 10.6. The highest BCUT2D eigenvalue weighted by Gasteiger charge is 2.62. The molecule has 0 aromatic carbocycles. The zero-order valence-electron chi connectivity index (χ0n) is 13.0. The maximum absolute atomic E-state index is 12.4. The van der Waals surface area contributed by atoms with E-state index < -0.39 is 35.9 Å². The molecule has 0 unspecified atom stereocenters. The average Bonchev–Trinajstić information content (AvgIpc) is 2.93. The molecular weight excluding hydrogens is 308 g/mol. The molecule has 8 nitrogen and oxygen atoms in total. The summed E-state index contributed by atoms with van der Waals surface area (Å²) in [4.78, 5) is 24.1. The molecule has 23 heavy (non-hydrogen) atoms. The van der Waals surface area contributed by atoms with Gasteiger partial charge in [-0.15, -0.1) is 0 Å². The van der Waals surface area contributed by atoms with E-state index in [0.717, 1.165) is 6.08 Å². The van der Waals surface area contributed by atoms with Gasteiger partial charge in [0.05, 0.1) is 32.0 Å². The Labute approximate surface area is 133 Å². The maximum atomic E-state index is 12.4. The maximum Gasteiger partial charge on any atom is 0.334 e. The molecule has 1 N–H and O–H groups in total. The van der Waals surface area contributed by atoms with Crippen molar-refractivity contribution in [2.75, 3.05) is 19.8 Å². The SMILES string of the molecule is CCOC(=O)/C=C1\O[C@@]2(O)C[C@@H]([C@H]3CO[C@@H]2O3)[C@H]1C(=O)OCC.